The third kappa shape index (κ3) is 6.44. The predicted octanol–water partition coefficient (Wildman–Crippen LogP) is 2.71. The highest BCUT2D eigenvalue weighted by Crippen LogP contribution is 2.36. The van der Waals surface area contributed by atoms with Crippen LogP contribution in [0.15, 0.2) is 47.4 Å². The zero-order chi connectivity index (χ0) is 27.6. The molecule has 11 heteroatoms. The molecular formula is C28H37N5O4S2. The Balaban J connectivity index is 1.44. The summed E-state index contributed by atoms with van der Waals surface area (Å²) in [6.45, 7) is 8.04. The van der Waals surface area contributed by atoms with Gasteiger partial charge in [0.15, 0.2) is 0 Å². The molecule has 2 aliphatic heterocycles. The van der Waals surface area contributed by atoms with Gasteiger partial charge in [0.1, 0.15) is 10.9 Å². The van der Waals surface area contributed by atoms with Crippen LogP contribution in [0, 0.1) is 5.41 Å². The molecule has 2 aromatic carbocycles. The molecule has 1 amide bonds. The summed E-state index contributed by atoms with van der Waals surface area (Å²) >= 11 is 1.48. The monoisotopic (exact) mass is 571 g/mol. The largest absolute Gasteiger partial charge is 0.395 e. The van der Waals surface area contributed by atoms with Crippen LogP contribution in [0.2, 0.25) is 0 Å². The Morgan fingerprint density at radius 3 is 2.77 bits per heavy atom. The summed E-state index contributed by atoms with van der Waals surface area (Å²) in [5, 5.41) is 13.4. The fraction of sp³-hybridized carbons (Fsp3) is 0.500. The average molecular weight is 572 g/mol. The van der Waals surface area contributed by atoms with E-state index in [1.807, 2.05) is 30.3 Å². The number of amides is 1. The summed E-state index contributed by atoms with van der Waals surface area (Å²) in [6, 6.07) is 12.1. The van der Waals surface area contributed by atoms with Gasteiger partial charge in [-0.15, -0.1) is 11.3 Å². The van der Waals surface area contributed by atoms with E-state index in [0.717, 1.165) is 35.2 Å². The summed E-state index contributed by atoms with van der Waals surface area (Å²) in [7, 11) is -4.03. The van der Waals surface area contributed by atoms with Gasteiger partial charge >= 0.3 is 0 Å². The van der Waals surface area contributed by atoms with Gasteiger partial charge in [0, 0.05) is 39.1 Å². The second-order valence-electron chi connectivity index (χ2n) is 11.2. The van der Waals surface area contributed by atoms with E-state index in [4.69, 9.17) is 0 Å². The Kier molecular flexibility index (Phi) is 8.25. The van der Waals surface area contributed by atoms with Crippen molar-refractivity contribution in [2.45, 2.75) is 44.0 Å². The lowest BCUT2D eigenvalue weighted by Crippen LogP contribution is -2.50. The number of aliphatic hydroxyl groups is 1. The minimum absolute atomic E-state index is 0.0187. The molecule has 2 aliphatic rings. The molecule has 0 unspecified atom stereocenters. The zero-order valence-electron chi connectivity index (χ0n) is 22.5. The molecule has 3 N–H and O–H groups in total. The maximum atomic E-state index is 13.9. The minimum atomic E-state index is -4.03. The van der Waals surface area contributed by atoms with E-state index >= 15 is 0 Å². The maximum Gasteiger partial charge on any atom is 0.243 e. The molecule has 0 bridgehead atoms. The van der Waals surface area contributed by atoms with Gasteiger partial charge in [-0.05, 0) is 48.6 Å². The van der Waals surface area contributed by atoms with E-state index in [1.54, 1.807) is 17.0 Å². The number of fused-ring (bicyclic) bond motifs is 2. The fourth-order valence-corrected chi connectivity index (χ4v) is 7.87. The number of nitrogens with zero attached hydrogens (tertiary/aromatic N) is 3. The number of anilines is 1. The van der Waals surface area contributed by atoms with Crippen LogP contribution in [0.25, 0.3) is 10.2 Å². The Morgan fingerprint density at radius 1 is 1.15 bits per heavy atom. The van der Waals surface area contributed by atoms with Crippen molar-refractivity contribution in [1.82, 2.24) is 19.5 Å². The lowest BCUT2D eigenvalue weighted by molar-refractivity contribution is -0.132. The van der Waals surface area contributed by atoms with Crippen LogP contribution in [0.3, 0.4) is 0 Å². The summed E-state index contributed by atoms with van der Waals surface area (Å²) in [6.07, 6.45) is 1.70. The highest BCUT2D eigenvalue weighted by molar-refractivity contribution is 7.89. The Labute approximate surface area is 234 Å². The van der Waals surface area contributed by atoms with E-state index < -0.39 is 16.1 Å². The first-order valence-corrected chi connectivity index (χ1v) is 15.8. The van der Waals surface area contributed by atoms with Gasteiger partial charge in [-0.3, -0.25) is 9.69 Å². The van der Waals surface area contributed by atoms with E-state index in [1.165, 1.54) is 11.3 Å². The Morgan fingerprint density at radius 2 is 1.97 bits per heavy atom. The molecule has 1 saturated heterocycles. The maximum absolute atomic E-state index is 13.9. The second-order valence-corrected chi connectivity index (χ2v) is 14.0. The van der Waals surface area contributed by atoms with Crippen LogP contribution in [0.5, 0.6) is 0 Å². The summed E-state index contributed by atoms with van der Waals surface area (Å²) < 4.78 is 31.5. The van der Waals surface area contributed by atoms with Crippen LogP contribution in [0.4, 0.5) is 5.69 Å². The number of carbonyl (C=O) groups excluding carboxylic acids is 1. The van der Waals surface area contributed by atoms with E-state index in [-0.39, 0.29) is 29.2 Å². The van der Waals surface area contributed by atoms with E-state index in [2.05, 4.69) is 33.8 Å². The summed E-state index contributed by atoms with van der Waals surface area (Å²) in [5.74, 6) is -0.248. The van der Waals surface area contributed by atoms with Gasteiger partial charge in [0.2, 0.25) is 15.9 Å². The molecule has 5 rings (SSSR count). The molecule has 3 aromatic rings. The lowest BCUT2D eigenvalue weighted by atomic mass is 9.82. The van der Waals surface area contributed by atoms with Crippen LogP contribution < -0.4 is 10.0 Å². The van der Waals surface area contributed by atoms with Gasteiger partial charge < -0.3 is 15.3 Å². The van der Waals surface area contributed by atoms with Gasteiger partial charge in [-0.2, -0.15) is 4.72 Å². The minimum Gasteiger partial charge on any atom is -0.395 e. The number of benzene rings is 2. The van der Waals surface area contributed by atoms with Crippen molar-refractivity contribution < 1.29 is 18.3 Å². The molecule has 0 spiro atoms. The molecule has 3 heterocycles. The molecule has 39 heavy (non-hydrogen) atoms. The molecule has 0 aliphatic carbocycles. The normalized spacial score (nSPS) is 18.8. The highest BCUT2D eigenvalue weighted by atomic mass is 32.2. The first-order chi connectivity index (χ1) is 18.6. The van der Waals surface area contributed by atoms with Gasteiger partial charge in [0.25, 0.3) is 0 Å². The molecule has 1 aromatic heterocycles. The number of aromatic nitrogens is 1. The first-order valence-electron chi connectivity index (χ1n) is 13.5. The average Bonchev–Trinajstić information content (AvgIpc) is 3.16. The predicted molar refractivity (Wildman–Crippen MR) is 155 cm³/mol. The number of para-hydroxylation sites is 2. The molecule has 9 nitrogen and oxygen atoms in total. The molecule has 1 atom stereocenters. The van der Waals surface area contributed by atoms with Crippen molar-refractivity contribution >= 4 is 43.2 Å². The van der Waals surface area contributed by atoms with E-state index in [0.29, 0.717) is 43.4 Å². The van der Waals surface area contributed by atoms with E-state index in [9.17, 15) is 18.3 Å². The number of hydrogen-bond donors (Lipinski definition) is 3. The smallest absolute Gasteiger partial charge is 0.243 e. The number of β-amino-alcohol motifs (C(OH)–C–C–N with tert-alkyl or cyclic N) is 1. The zero-order valence-corrected chi connectivity index (χ0v) is 24.2. The van der Waals surface area contributed by atoms with Crippen LogP contribution >= 0.6 is 11.3 Å². The number of hydrogen-bond acceptors (Lipinski definition) is 8. The molecule has 0 radical (unpaired) electrons. The quantitative estimate of drug-likeness (QED) is 0.381. The lowest BCUT2D eigenvalue weighted by Gasteiger charge is -2.33. The standard InChI is InChI=1S/C28H37N5O4S2/c1-28(2)18-20-7-5-10-24(26(20)29-19-28)39(36,37)31-22(17-25-30-21-8-3-4-9-23(21)38-25)27(35)33-12-6-11-32(13-14-33)15-16-34/h3-5,7-10,22,29,31,34H,6,11-19H2,1-2H3/t22-/m0/s1. The Bertz CT molecular complexity index is 1410. The third-order valence-corrected chi connectivity index (χ3v) is 10.0. The van der Waals surface area contributed by atoms with Gasteiger partial charge in [-0.1, -0.05) is 38.1 Å². The van der Waals surface area contributed by atoms with Crippen LogP contribution in [0.1, 0.15) is 30.8 Å². The van der Waals surface area contributed by atoms with Gasteiger partial charge in [0.05, 0.1) is 27.5 Å². The number of thiazole rings is 1. The highest BCUT2D eigenvalue weighted by Gasteiger charge is 2.34. The first kappa shape index (κ1) is 28.0. The number of sulfonamides is 1. The molecule has 210 valence electrons. The van der Waals surface area contributed by atoms with Crippen LogP contribution in [-0.2, 0) is 27.7 Å². The Hall–Kier alpha value is -2.57. The van der Waals surface area contributed by atoms with Crippen LogP contribution in [-0.4, -0.2) is 86.1 Å². The summed E-state index contributed by atoms with van der Waals surface area (Å²) in [4.78, 5) is 22.6. The fourth-order valence-electron chi connectivity index (χ4n) is 5.44. The van der Waals surface area contributed by atoms with Crippen molar-refractivity contribution in [3.05, 3.63) is 53.0 Å². The van der Waals surface area contributed by atoms with Crippen molar-refractivity contribution in [3.8, 4) is 0 Å². The number of nitrogens with one attached hydrogen (secondary N) is 2. The molecular weight excluding hydrogens is 534 g/mol. The third-order valence-electron chi connectivity index (χ3n) is 7.44. The van der Waals surface area contributed by atoms with Crippen molar-refractivity contribution in [2.75, 3.05) is 51.2 Å². The SMILES string of the molecule is CC1(C)CNc2c(cccc2S(=O)(=O)N[C@@H](Cc2nc3ccccc3s2)C(=O)N2CCCN(CCO)CC2)C1. The topological polar surface area (TPSA) is 115 Å². The van der Waals surface area contributed by atoms with Crippen molar-refractivity contribution in [2.24, 2.45) is 5.41 Å². The van der Waals surface area contributed by atoms with Gasteiger partial charge in [-0.25, -0.2) is 13.4 Å². The number of rotatable bonds is 8. The second kappa shape index (κ2) is 11.5. The summed E-state index contributed by atoms with van der Waals surface area (Å²) in [5.41, 5.74) is 2.43. The number of carbonyl (C=O) groups is 1. The molecule has 0 saturated carbocycles. The number of aliphatic hydroxyl groups excluding tert-OH is 1. The van der Waals surface area contributed by atoms with Crippen molar-refractivity contribution in [1.29, 1.82) is 0 Å². The van der Waals surface area contributed by atoms with Crippen molar-refractivity contribution in [3.63, 3.8) is 0 Å². The molecule has 1 fully saturated rings.